The molecule has 208 valence electrons. The normalized spacial score (nSPS) is 16.4. The third kappa shape index (κ3) is 4.81. The van der Waals surface area contributed by atoms with Gasteiger partial charge in [-0.15, -0.1) is 11.3 Å². The molecule has 3 aromatic carbocycles. The van der Waals surface area contributed by atoms with Crippen LogP contribution in [0.1, 0.15) is 65.2 Å². The number of rotatable bonds is 6. The average Bonchev–Trinajstić information content (AvgIpc) is 3.41. The number of benzene rings is 3. The first-order valence-electron chi connectivity index (χ1n) is 13.5. The number of thiophene rings is 1. The molecule has 0 bridgehead atoms. The molecule has 6 rings (SSSR count). The predicted molar refractivity (Wildman–Crippen MR) is 165 cm³/mol. The molecule has 0 fully saturated rings. The zero-order chi connectivity index (χ0) is 28.9. The highest BCUT2D eigenvalue weighted by Crippen LogP contribution is 2.54. The van der Waals surface area contributed by atoms with E-state index in [1.165, 1.54) is 18.4 Å². The lowest BCUT2D eigenvalue weighted by Gasteiger charge is -2.35. The minimum atomic E-state index is -0.892. The number of methoxy groups -OCH3 is 1. The Labute approximate surface area is 243 Å². The van der Waals surface area contributed by atoms with Crippen LogP contribution in [0.5, 0.6) is 17.2 Å². The minimum absolute atomic E-state index is 0.0239. The number of ketones is 1. The lowest BCUT2D eigenvalue weighted by molar-refractivity contribution is 0.0880. The Morgan fingerprint density at radius 2 is 1.85 bits per heavy atom. The number of Topliss-reactive ketones (excluding diaryl/α,β-unsaturated/α-hetero) is 1. The van der Waals surface area contributed by atoms with Gasteiger partial charge in [0.25, 0.3) is 0 Å². The number of anilines is 1. The van der Waals surface area contributed by atoms with Gasteiger partial charge in [0, 0.05) is 39.2 Å². The summed E-state index contributed by atoms with van der Waals surface area (Å²) in [5, 5.41) is 26.8. The quantitative estimate of drug-likeness (QED) is 0.206. The van der Waals surface area contributed by atoms with Crippen LogP contribution in [-0.4, -0.2) is 28.6 Å². The van der Waals surface area contributed by atoms with Crippen molar-refractivity contribution >= 4 is 40.2 Å². The molecule has 0 amide bonds. The van der Waals surface area contributed by atoms with Crippen LogP contribution < -0.4 is 14.8 Å². The maximum absolute atomic E-state index is 13.4. The van der Waals surface area contributed by atoms with Gasteiger partial charge in [-0.2, -0.15) is 0 Å². The molecule has 7 heteroatoms. The summed E-state index contributed by atoms with van der Waals surface area (Å²) in [4.78, 5) is 14.1. The van der Waals surface area contributed by atoms with E-state index in [2.05, 4.69) is 32.2 Å². The van der Waals surface area contributed by atoms with Gasteiger partial charge in [-0.25, -0.2) is 0 Å². The van der Waals surface area contributed by atoms with Crippen molar-refractivity contribution in [2.75, 3.05) is 12.4 Å². The maximum atomic E-state index is 13.4. The molecule has 0 radical (unpaired) electrons. The number of allylic oxidation sites excluding steroid dienone is 1. The van der Waals surface area contributed by atoms with Crippen LogP contribution in [0, 0.1) is 0 Å². The summed E-state index contributed by atoms with van der Waals surface area (Å²) in [6, 6.07) is 18.4. The van der Waals surface area contributed by atoms with Crippen molar-refractivity contribution in [2.24, 2.45) is 0 Å². The molecule has 6 nitrogen and oxygen atoms in total. The van der Waals surface area contributed by atoms with Crippen molar-refractivity contribution in [1.82, 2.24) is 0 Å². The van der Waals surface area contributed by atoms with E-state index in [1.807, 2.05) is 53.9 Å². The Morgan fingerprint density at radius 1 is 1.07 bits per heavy atom. The van der Waals surface area contributed by atoms with Crippen molar-refractivity contribution in [3.63, 3.8) is 0 Å². The van der Waals surface area contributed by atoms with E-state index >= 15 is 0 Å². The molecule has 1 atom stereocenters. The molecule has 3 heterocycles. The molecule has 0 saturated heterocycles. The summed E-state index contributed by atoms with van der Waals surface area (Å²) in [5.41, 5.74) is 6.46. The van der Waals surface area contributed by atoms with E-state index in [-0.39, 0.29) is 23.5 Å². The van der Waals surface area contributed by atoms with Crippen molar-refractivity contribution in [1.29, 1.82) is 0 Å². The van der Waals surface area contributed by atoms with Gasteiger partial charge in [-0.1, -0.05) is 42.5 Å². The number of fused-ring (bicyclic) bond motifs is 5. The van der Waals surface area contributed by atoms with E-state index in [0.29, 0.717) is 33.9 Å². The Kier molecular flexibility index (Phi) is 6.72. The lowest BCUT2D eigenvalue weighted by Crippen LogP contribution is -2.32. The standard InChI is InChI=1S/C34H31NO5S/c1-19-18-34(2,3)35-23-11-10-22-31(30(19)23)28(40-27-13-12-24(36)33(39-4)32(22)27)17-29-21(14-15-41-29)26(38)16-25(37)20-8-6-5-7-9-20/h5-15,17-18,25,35-37H,16H2,1-4H3/b28-17-. The molecule has 1 aromatic heterocycles. The maximum Gasteiger partial charge on any atom is 0.172 e. The third-order valence-corrected chi connectivity index (χ3v) is 8.36. The highest BCUT2D eigenvalue weighted by Gasteiger charge is 2.34. The number of hydrogen-bond acceptors (Lipinski definition) is 7. The molecular weight excluding hydrogens is 534 g/mol. The first kappa shape index (κ1) is 26.9. The molecule has 2 aliphatic heterocycles. The Morgan fingerprint density at radius 3 is 2.61 bits per heavy atom. The molecule has 1 unspecified atom stereocenters. The number of phenols is 1. The molecular formula is C34H31NO5S. The largest absolute Gasteiger partial charge is 0.504 e. The van der Waals surface area contributed by atoms with Crippen LogP contribution in [-0.2, 0) is 0 Å². The van der Waals surface area contributed by atoms with Gasteiger partial charge in [0.05, 0.1) is 24.3 Å². The van der Waals surface area contributed by atoms with Crippen LogP contribution in [0.25, 0.3) is 28.5 Å². The highest BCUT2D eigenvalue weighted by molar-refractivity contribution is 7.11. The summed E-state index contributed by atoms with van der Waals surface area (Å²) in [6.07, 6.45) is 3.18. The number of carbonyl (C=O) groups is 1. The van der Waals surface area contributed by atoms with Gasteiger partial charge < -0.3 is 25.0 Å². The van der Waals surface area contributed by atoms with E-state index < -0.39 is 6.10 Å². The molecule has 2 aliphatic rings. The first-order valence-corrected chi connectivity index (χ1v) is 14.3. The van der Waals surface area contributed by atoms with Crippen LogP contribution in [0.2, 0.25) is 0 Å². The summed E-state index contributed by atoms with van der Waals surface area (Å²) >= 11 is 1.44. The summed E-state index contributed by atoms with van der Waals surface area (Å²) in [7, 11) is 1.53. The number of nitrogens with one attached hydrogen (secondary N) is 1. The van der Waals surface area contributed by atoms with E-state index in [0.717, 1.165) is 32.8 Å². The summed E-state index contributed by atoms with van der Waals surface area (Å²) in [6.45, 7) is 6.32. The van der Waals surface area contributed by atoms with E-state index in [1.54, 1.807) is 18.2 Å². The average molecular weight is 566 g/mol. The van der Waals surface area contributed by atoms with Gasteiger partial charge in [-0.3, -0.25) is 4.79 Å². The monoisotopic (exact) mass is 565 g/mol. The summed E-state index contributed by atoms with van der Waals surface area (Å²) in [5.74, 6) is 1.36. The Bertz CT molecular complexity index is 1730. The van der Waals surface area contributed by atoms with Gasteiger partial charge in [-0.05, 0) is 67.6 Å². The van der Waals surface area contributed by atoms with Crippen LogP contribution in [0.3, 0.4) is 0 Å². The fourth-order valence-corrected chi connectivity index (χ4v) is 6.64. The number of carbonyl (C=O) groups excluding carboxylic acids is 1. The second-order valence-electron chi connectivity index (χ2n) is 10.9. The predicted octanol–water partition coefficient (Wildman–Crippen LogP) is 7.93. The van der Waals surface area contributed by atoms with E-state index in [4.69, 9.17) is 9.47 Å². The minimum Gasteiger partial charge on any atom is -0.504 e. The molecule has 3 N–H and O–H groups in total. The fourth-order valence-electron chi connectivity index (χ4n) is 5.81. The number of aromatic hydroxyl groups is 1. The highest BCUT2D eigenvalue weighted by atomic mass is 32.1. The van der Waals surface area contributed by atoms with Gasteiger partial charge >= 0.3 is 0 Å². The van der Waals surface area contributed by atoms with Crippen LogP contribution >= 0.6 is 11.3 Å². The molecule has 0 spiro atoms. The van der Waals surface area contributed by atoms with Crippen LogP contribution in [0.4, 0.5) is 5.69 Å². The SMILES string of the molecule is COc1c(O)ccc2c1-c1ccc3c(c1/C(=C/c1sccc1C(=O)CC(O)c1ccccc1)O2)C(C)=CC(C)(C)N3. The van der Waals surface area contributed by atoms with Gasteiger partial charge in [0.1, 0.15) is 11.5 Å². The zero-order valence-corrected chi connectivity index (χ0v) is 24.1. The number of aliphatic hydroxyl groups excluding tert-OH is 1. The zero-order valence-electron chi connectivity index (χ0n) is 23.3. The smallest absolute Gasteiger partial charge is 0.172 e. The number of aliphatic hydroxyl groups is 1. The van der Waals surface area contributed by atoms with Crippen molar-refractivity contribution in [3.8, 4) is 28.4 Å². The van der Waals surface area contributed by atoms with Crippen molar-refractivity contribution in [3.05, 3.63) is 99.3 Å². The van der Waals surface area contributed by atoms with Gasteiger partial charge in [0.2, 0.25) is 0 Å². The second kappa shape index (κ2) is 10.3. The second-order valence-corrected chi connectivity index (χ2v) is 11.9. The number of hydrogen-bond donors (Lipinski definition) is 3. The molecule has 41 heavy (non-hydrogen) atoms. The van der Waals surface area contributed by atoms with Gasteiger partial charge in [0.15, 0.2) is 17.3 Å². The van der Waals surface area contributed by atoms with Crippen LogP contribution in [0.15, 0.2) is 72.1 Å². The summed E-state index contributed by atoms with van der Waals surface area (Å²) < 4.78 is 12.2. The molecule has 4 aromatic rings. The topological polar surface area (TPSA) is 88.0 Å². The molecule has 0 aliphatic carbocycles. The Hall–Kier alpha value is -4.33. The van der Waals surface area contributed by atoms with E-state index in [9.17, 15) is 15.0 Å². The first-order chi connectivity index (χ1) is 19.7. The number of phenolic OH excluding ortho intramolecular Hbond substituents is 1. The lowest BCUT2D eigenvalue weighted by atomic mass is 9.83. The van der Waals surface area contributed by atoms with Crippen molar-refractivity contribution < 1.29 is 24.5 Å². The number of ether oxygens (including phenoxy) is 2. The van der Waals surface area contributed by atoms with Crippen molar-refractivity contribution in [2.45, 2.75) is 38.8 Å². The Balaban J connectivity index is 1.49. The molecule has 0 saturated carbocycles. The third-order valence-electron chi connectivity index (χ3n) is 7.49. The fraction of sp³-hybridized carbons (Fsp3) is 0.206.